The second kappa shape index (κ2) is 14.9. The van der Waals surface area contributed by atoms with Crippen molar-refractivity contribution in [3.63, 3.8) is 0 Å². The van der Waals surface area contributed by atoms with Gasteiger partial charge in [0, 0.05) is 32.8 Å². The number of benzene rings is 1. The Bertz CT molecular complexity index is 650. The van der Waals surface area contributed by atoms with Gasteiger partial charge in [0.25, 0.3) is 0 Å². The summed E-state index contributed by atoms with van der Waals surface area (Å²) in [5, 5.41) is 6.70. The first-order valence-electron chi connectivity index (χ1n) is 11.4. The zero-order chi connectivity index (χ0) is 22.3. The summed E-state index contributed by atoms with van der Waals surface area (Å²) in [5.41, 5.74) is 1.15. The lowest BCUT2D eigenvalue weighted by atomic mass is 10.0. The van der Waals surface area contributed by atoms with Crippen molar-refractivity contribution in [1.29, 1.82) is 0 Å². The van der Waals surface area contributed by atoms with Crippen molar-refractivity contribution in [2.45, 2.75) is 32.7 Å². The molecule has 1 atom stereocenters. The topological polar surface area (TPSA) is 76.6 Å². The highest BCUT2D eigenvalue weighted by Gasteiger charge is 2.24. The lowest BCUT2D eigenvalue weighted by Gasteiger charge is -2.34. The second-order valence-corrected chi connectivity index (χ2v) is 7.39. The minimum atomic E-state index is 0.125. The van der Waals surface area contributed by atoms with Crippen molar-refractivity contribution >= 4 is 5.96 Å². The van der Waals surface area contributed by atoms with Crippen LogP contribution >= 0.6 is 0 Å². The number of ether oxygens (including phenoxy) is 4. The molecule has 1 aliphatic rings. The van der Waals surface area contributed by atoms with Gasteiger partial charge in [0.05, 0.1) is 46.6 Å². The molecule has 31 heavy (non-hydrogen) atoms. The molecule has 1 unspecified atom stereocenters. The van der Waals surface area contributed by atoms with Crippen LogP contribution < -0.4 is 20.1 Å². The molecule has 1 aromatic rings. The van der Waals surface area contributed by atoms with Gasteiger partial charge in [-0.25, -0.2) is 0 Å². The van der Waals surface area contributed by atoms with Crippen LogP contribution in [-0.2, 0) is 9.47 Å². The van der Waals surface area contributed by atoms with Crippen molar-refractivity contribution in [2.75, 3.05) is 73.4 Å². The van der Waals surface area contributed by atoms with Crippen molar-refractivity contribution in [3.05, 3.63) is 23.8 Å². The van der Waals surface area contributed by atoms with E-state index in [4.69, 9.17) is 23.9 Å². The summed E-state index contributed by atoms with van der Waals surface area (Å²) in [6.07, 6.45) is 2.25. The van der Waals surface area contributed by atoms with Gasteiger partial charge < -0.3 is 29.6 Å². The number of hydrogen-bond donors (Lipinski definition) is 2. The standard InChI is InChI=1S/C23H40N4O4/c1-5-7-13-30-14-10-25-23(24-6-2)26-18-20(27-11-15-31-16-12-27)19-8-9-21(28-3)22(17-19)29-4/h8-9,17,20H,5-7,10-16,18H2,1-4H3,(H2,24,25,26). The maximum atomic E-state index is 5.65. The number of morpholine rings is 1. The normalized spacial score (nSPS) is 16.1. The maximum Gasteiger partial charge on any atom is 0.191 e. The largest absolute Gasteiger partial charge is 0.493 e. The predicted octanol–water partition coefficient (Wildman–Crippen LogP) is 2.45. The summed E-state index contributed by atoms with van der Waals surface area (Å²) in [6, 6.07) is 6.23. The van der Waals surface area contributed by atoms with Gasteiger partial charge >= 0.3 is 0 Å². The summed E-state index contributed by atoms with van der Waals surface area (Å²) in [4.78, 5) is 7.30. The number of nitrogens with one attached hydrogen (secondary N) is 2. The Morgan fingerprint density at radius 1 is 1.10 bits per heavy atom. The Balaban J connectivity index is 2.09. The fourth-order valence-corrected chi connectivity index (χ4v) is 3.49. The molecule has 1 saturated heterocycles. The van der Waals surface area contributed by atoms with Crippen molar-refractivity contribution in [3.8, 4) is 11.5 Å². The Morgan fingerprint density at radius 3 is 2.55 bits per heavy atom. The second-order valence-electron chi connectivity index (χ2n) is 7.39. The number of rotatable bonds is 13. The molecule has 0 aromatic heterocycles. The molecule has 0 aliphatic carbocycles. The third kappa shape index (κ3) is 8.55. The molecule has 2 N–H and O–H groups in total. The molecule has 0 amide bonds. The molecule has 1 aliphatic heterocycles. The molecule has 0 saturated carbocycles. The zero-order valence-corrected chi connectivity index (χ0v) is 19.6. The maximum absolute atomic E-state index is 5.65. The van der Waals surface area contributed by atoms with Crippen molar-refractivity contribution < 1.29 is 18.9 Å². The molecule has 1 aromatic carbocycles. The number of unbranched alkanes of at least 4 members (excludes halogenated alkanes) is 1. The number of guanidine groups is 1. The van der Waals surface area contributed by atoms with E-state index >= 15 is 0 Å². The zero-order valence-electron chi connectivity index (χ0n) is 19.6. The van der Waals surface area contributed by atoms with Crippen LogP contribution in [0.5, 0.6) is 11.5 Å². The molecule has 2 rings (SSSR count). The molecular formula is C23H40N4O4. The van der Waals surface area contributed by atoms with E-state index < -0.39 is 0 Å². The first kappa shape index (κ1) is 25.2. The monoisotopic (exact) mass is 436 g/mol. The van der Waals surface area contributed by atoms with E-state index in [1.54, 1.807) is 14.2 Å². The van der Waals surface area contributed by atoms with Gasteiger partial charge in [0.15, 0.2) is 17.5 Å². The highest BCUT2D eigenvalue weighted by Crippen LogP contribution is 2.32. The Labute approximate surface area is 187 Å². The summed E-state index contributed by atoms with van der Waals surface area (Å²) < 4.78 is 22.1. The van der Waals surface area contributed by atoms with Crippen LogP contribution in [0.4, 0.5) is 0 Å². The van der Waals surface area contributed by atoms with Crippen molar-refractivity contribution in [2.24, 2.45) is 4.99 Å². The van der Waals surface area contributed by atoms with E-state index in [9.17, 15) is 0 Å². The molecule has 1 heterocycles. The van der Waals surface area contributed by atoms with Gasteiger partial charge in [-0.05, 0) is 31.0 Å². The summed E-state index contributed by atoms with van der Waals surface area (Å²) >= 11 is 0. The SMILES string of the molecule is CCCCOCCNC(=NCC(c1ccc(OC)c(OC)c1)N1CCOCC1)NCC. The van der Waals surface area contributed by atoms with Gasteiger partial charge in [-0.2, -0.15) is 0 Å². The summed E-state index contributed by atoms with van der Waals surface area (Å²) in [7, 11) is 3.32. The quantitative estimate of drug-likeness (QED) is 0.279. The van der Waals surface area contributed by atoms with Crippen LogP contribution in [0.2, 0.25) is 0 Å². The highest BCUT2D eigenvalue weighted by molar-refractivity contribution is 5.79. The van der Waals surface area contributed by atoms with Crippen molar-refractivity contribution in [1.82, 2.24) is 15.5 Å². The van der Waals surface area contributed by atoms with Gasteiger partial charge in [-0.3, -0.25) is 9.89 Å². The Hall–Kier alpha value is -2.03. The molecule has 0 bridgehead atoms. The smallest absolute Gasteiger partial charge is 0.191 e. The third-order valence-electron chi connectivity index (χ3n) is 5.23. The van der Waals surface area contributed by atoms with E-state index in [0.29, 0.717) is 13.2 Å². The Morgan fingerprint density at radius 2 is 1.87 bits per heavy atom. The first-order valence-corrected chi connectivity index (χ1v) is 11.4. The fraction of sp³-hybridized carbons (Fsp3) is 0.696. The minimum absolute atomic E-state index is 0.125. The fourth-order valence-electron chi connectivity index (χ4n) is 3.49. The van der Waals surface area contributed by atoms with Crippen LogP contribution in [0.1, 0.15) is 38.3 Å². The predicted molar refractivity (Wildman–Crippen MR) is 124 cm³/mol. The van der Waals surface area contributed by atoms with Crippen LogP contribution in [0, 0.1) is 0 Å². The molecule has 1 fully saturated rings. The molecule has 8 heteroatoms. The van der Waals surface area contributed by atoms with E-state index in [-0.39, 0.29) is 6.04 Å². The average molecular weight is 437 g/mol. The number of hydrogen-bond acceptors (Lipinski definition) is 6. The van der Waals surface area contributed by atoms with Crippen LogP contribution in [0.25, 0.3) is 0 Å². The average Bonchev–Trinajstić information content (AvgIpc) is 2.81. The van der Waals surface area contributed by atoms with Crippen LogP contribution in [0.3, 0.4) is 0 Å². The van der Waals surface area contributed by atoms with Gasteiger partial charge in [-0.1, -0.05) is 19.4 Å². The van der Waals surface area contributed by atoms with Crippen LogP contribution in [-0.4, -0.2) is 84.2 Å². The number of methoxy groups -OCH3 is 2. The van der Waals surface area contributed by atoms with E-state index in [1.807, 2.05) is 6.07 Å². The third-order valence-corrected chi connectivity index (χ3v) is 5.23. The number of nitrogens with zero attached hydrogens (tertiary/aromatic N) is 2. The van der Waals surface area contributed by atoms with Gasteiger partial charge in [0.2, 0.25) is 0 Å². The summed E-state index contributed by atoms with van der Waals surface area (Å²) in [5.74, 6) is 2.27. The lowest BCUT2D eigenvalue weighted by molar-refractivity contribution is 0.0179. The van der Waals surface area contributed by atoms with E-state index in [1.165, 1.54) is 0 Å². The van der Waals surface area contributed by atoms with Gasteiger partial charge in [-0.15, -0.1) is 0 Å². The van der Waals surface area contributed by atoms with Crippen LogP contribution in [0.15, 0.2) is 23.2 Å². The van der Waals surface area contributed by atoms with Gasteiger partial charge in [0.1, 0.15) is 0 Å². The lowest BCUT2D eigenvalue weighted by Crippen LogP contribution is -2.42. The van der Waals surface area contributed by atoms with E-state index in [2.05, 4.69) is 41.5 Å². The molecule has 0 radical (unpaired) electrons. The van der Waals surface area contributed by atoms with E-state index in [0.717, 1.165) is 81.9 Å². The molecule has 176 valence electrons. The molecule has 0 spiro atoms. The first-order chi connectivity index (χ1) is 15.2. The molecular weight excluding hydrogens is 396 g/mol. The highest BCUT2D eigenvalue weighted by atomic mass is 16.5. The molecule has 8 nitrogen and oxygen atoms in total. The Kier molecular flexibility index (Phi) is 12.1. The summed E-state index contributed by atoms with van der Waals surface area (Å²) in [6.45, 7) is 11.1. The number of aliphatic imine (C=N–C) groups is 1. The minimum Gasteiger partial charge on any atom is -0.493 e.